The van der Waals surface area contributed by atoms with Gasteiger partial charge in [0.15, 0.2) is 5.82 Å². The topological polar surface area (TPSA) is 92.9 Å². The first-order valence-electron chi connectivity index (χ1n) is 6.38. The maximum Gasteiger partial charge on any atom is 0.255 e. The molecule has 0 spiro atoms. The van der Waals surface area contributed by atoms with Gasteiger partial charge in [0.25, 0.3) is 5.91 Å². The third-order valence-electron chi connectivity index (χ3n) is 2.97. The molecule has 2 aromatic rings. The van der Waals surface area contributed by atoms with Crippen LogP contribution in [0.4, 0.5) is 5.82 Å². The zero-order chi connectivity index (χ0) is 14.4. The van der Waals surface area contributed by atoms with Crippen molar-refractivity contribution in [3.63, 3.8) is 0 Å². The molecule has 0 fully saturated rings. The molecule has 0 unspecified atom stereocenters. The molecule has 2 aromatic heterocycles. The summed E-state index contributed by atoms with van der Waals surface area (Å²) in [6, 6.07) is 7.25. The molecule has 0 saturated heterocycles. The van der Waals surface area contributed by atoms with Gasteiger partial charge in [-0.25, -0.2) is 10.8 Å². The molecule has 2 heterocycles. The minimum atomic E-state index is -0.237. The summed E-state index contributed by atoms with van der Waals surface area (Å²) < 4.78 is 0. The molecule has 0 aliphatic heterocycles. The van der Waals surface area contributed by atoms with Gasteiger partial charge in [0.2, 0.25) is 0 Å². The highest BCUT2D eigenvalue weighted by Crippen LogP contribution is 2.10. The number of aromatic nitrogens is 2. The number of hydrazine groups is 1. The average Bonchev–Trinajstić information content (AvgIpc) is 2.52. The summed E-state index contributed by atoms with van der Waals surface area (Å²) in [5.74, 6) is 5.45. The van der Waals surface area contributed by atoms with Crippen LogP contribution in [0.3, 0.4) is 0 Å². The Morgan fingerprint density at radius 1 is 1.25 bits per heavy atom. The molecule has 0 aromatic carbocycles. The minimum absolute atomic E-state index is 0.237. The number of nitrogens with one attached hydrogen (secondary N) is 2. The normalized spacial score (nSPS) is 10.1. The molecule has 1 amide bonds. The number of aryl methyl sites for hydroxylation is 1. The summed E-state index contributed by atoms with van der Waals surface area (Å²) in [6.07, 6.45) is 4.17. The van der Waals surface area contributed by atoms with Crippen molar-refractivity contribution in [2.45, 2.75) is 19.9 Å². The summed E-state index contributed by atoms with van der Waals surface area (Å²) in [5.41, 5.74) is 4.81. The standard InChI is InChI=1S/C14H17N5O/c1-2-10-5-3-7-16-12(10)9-18-14(20)11-6-4-8-17-13(11)19-15/h3-8H,2,9,15H2,1H3,(H,17,19)(H,18,20). The van der Waals surface area contributed by atoms with Crippen LogP contribution in [0.2, 0.25) is 0 Å². The Kier molecular flexibility index (Phi) is 4.62. The molecule has 104 valence electrons. The van der Waals surface area contributed by atoms with Crippen molar-refractivity contribution in [2.24, 2.45) is 5.84 Å². The number of rotatable bonds is 5. The van der Waals surface area contributed by atoms with Gasteiger partial charge >= 0.3 is 0 Å². The lowest BCUT2D eigenvalue weighted by Gasteiger charge is -2.10. The van der Waals surface area contributed by atoms with E-state index in [4.69, 9.17) is 5.84 Å². The second-order valence-electron chi connectivity index (χ2n) is 4.19. The van der Waals surface area contributed by atoms with Gasteiger partial charge in [-0.2, -0.15) is 0 Å². The molecular weight excluding hydrogens is 254 g/mol. The predicted octanol–water partition coefficient (Wildman–Crippen LogP) is 1.25. The van der Waals surface area contributed by atoms with E-state index in [0.29, 0.717) is 17.9 Å². The van der Waals surface area contributed by atoms with Crippen LogP contribution in [0.15, 0.2) is 36.7 Å². The third-order valence-corrected chi connectivity index (χ3v) is 2.97. The Morgan fingerprint density at radius 3 is 2.75 bits per heavy atom. The smallest absolute Gasteiger partial charge is 0.255 e. The van der Waals surface area contributed by atoms with Crippen LogP contribution >= 0.6 is 0 Å². The maximum absolute atomic E-state index is 12.1. The van der Waals surface area contributed by atoms with E-state index in [2.05, 4.69) is 27.6 Å². The van der Waals surface area contributed by atoms with Gasteiger partial charge in [0, 0.05) is 12.4 Å². The quantitative estimate of drug-likeness (QED) is 0.562. The van der Waals surface area contributed by atoms with E-state index in [9.17, 15) is 4.79 Å². The van der Waals surface area contributed by atoms with Gasteiger partial charge in [0.1, 0.15) is 0 Å². The monoisotopic (exact) mass is 271 g/mol. The summed E-state index contributed by atoms with van der Waals surface area (Å²) in [7, 11) is 0. The van der Waals surface area contributed by atoms with Crippen LogP contribution in [0.5, 0.6) is 0 Å². The minimum Gasteiger partial charge on any atom is -0.346 e. The summed E-state index contributed by atoms with van der Waals surface area (Å²) >= 11 is 0. The predicted molar refractivity (Wildman–Crippen MR) is 76.8 cm³/mol. The number of nitrogens with zero attached hydrogens (tertiary/aromatic N) is 2. The van der Waals surface area contributed by atoms with Gasteiger partial charge in [-0.1, -0.05) is 13.0 Å². The number of nitrogen functional groups attached to an aromatic ring is 1. The molecule has 0 saturated carbocycles. The lowest BCUT2D eigenvalue weighted by molar-refractivity contribution is 0.0951. The first-order valence-corrected chi connectivity index (χ1v) is 6.38. The van der Waals surface area contributed by atoms with E-state index < -0.39 is 0 Å². The van der Waals surface area contributed by atoms with Crippen LogP contribution in [-0.4, -0.2) is 15.9 Å². The van der Waals surface area contributed by atoms with Crippen molar-refractivity contribution >= 4 is 11.7 Å². The molecular formula is C14H17N5O. The van der Waals surface area contributed by atoms with E-state index in [1.165, 1.54) is 0 Å². The molecule has 4 N–H and O–H groups in total. The Hall–Kier alpha value is -2.47. The van der Waals surface area contributed by atoms with Crippen LogP contribution in [0.1, 0.15) is 28.5 Å². The first kappa shape index (κ1) is 14.0. The Labute approximate surface area is 117 Å². The largest absolute Gasteiger partial charge is 0.346 e. The van der Waals surface area contributed by atoms with Gasteiger partial charge in [0.05, 0.1) is 17.8 Å². The fourth-order valence-corrected chi connectivity index (χ4v) is 1.92. The summed E-state index contributed by atoms with van der Waals surface area (Å²) in [4.78, 5) is 20.4. The molecule has 6 heteroatoms. The zero-order valence-electron chi connectivity index (χ0n) is 11.3. The van der Waals surface area contributed by atoms with Crippen LogP contribution in [0, 0.1) is 0 Å². The number of amides is 1. The summed E-state index contributed by atoms with van der Waals surface area (Å²) in [6.45, 7) is 2.43. The SMILES string of the molecule is CCc1cccnc1CNC(=O)c1cccnc1NN. The van der Waals surface area contributed by atoms with E-state index >= 15 is 0 Å². The van der Waals surface area contributed by atoms with Gasteiger partial charge in [-0.3, -0.25) is 9.78 Å². The van der Waals surface area contributed by atoms with E-state index in [1.54, 1.807) is 24.5 Å². The van der Waals surface area contributed by atoms with Crippen molar-refractivity contribution in [1.29, 1.82) is 0 Å². The number of nitrogens with two attached hydrogens (primary N) is 1. The number of carbonyl (C=O) groups excluding carboxylic acids is 1. The Bertz CT molecular complexity index is 600. The van der Waals surface area contributed by atoms with Crippen LogP contribution in [-0.2, 0) is 13.0 Å². The molecule has 0 aliphatic rings. The second-order valence-corrected chi connectivity index (χ2v) is 4.19. The highest BCUT2D eigenvalue weighted by molar-refractivity contribution is 5.98. The van der Waals surface area contributed by atoms with Gasteiger partial charge < -0.3 is 10.7 Å². The van der Waals surface area contributed by atoms with Gasteiger partial charge in [-0.05, 0) is 30.2 Å². The molecule has 0 bridgehead atoms. The Morgan fingerprint density at radius 2 is 2.00 bits per heavy atom. The van der Waals surface area contributed by atoms with Crippen molar-refractivity contribution in [3.05, 3.63) is 53.5 Å². The lowest BCUT2D eigenvalue weighted by atomic mass is 10.1. The molecule has 2 rings (SSSR count). The zero-order valence-corrected chi connectivity index (χ0v) is 11.3. The van der Waals surface area contributed by atoms with E-state index in [-0.39, 0.29) is 5.91 Å². The fourth-order valence-electron chi connectivity index (χ4n) is 1.92. The first-order chi connectivity index (χ1) is 9.76. The van der Waals surface area contributed by atoms with E-state index in [0.717, 1.165) is 17.7 Å². The second kappa shape index (κ2) is 6.63. The number of hydrogen-bond acceptors (Lipinski definition) is 5. The molecule has 0 aliphatic carbocycles. The van der Waals surface area contributed by atoms with Crippen LogP contribution < -0.4 is 16.6 Å². The van der Waals surface area contributed by atoms with E-state index in [1.807, 2.05) is 12.1 Å². The number of carbonyl (C=O) groups is 1. The number of pyridine rings is 2. The van der Waals surface area contributed by atoms with Crippen molar-refractivity contribution in [1.82, 2.24) is 15.3 Å². The molecule has 0 radical (unpaired) electrons. The summed E-state index contributed by atoms with van der Waals surface area (Å²) in [5, 5.41) is 2.83. The number of anilines is 1. The molecule has 20 heavy (non-hydrogen) atoms. The lowest BCUT2D eigenvalue weighted by Crippen LogP contribution is -2.26. The average molecular weight is 271 g/mol. The molecule has 0 atom stereocenters. The van der Waals surface area contributed by atoms with Crippen molar-refractivity contribution in [3.8, 4) is 0 Å². The molecule has 6 nitrogen and oxygen atoms in total. The van der Waals surface area contributed by atoms with Crippen molar-refractivity contribution < 1.29 is 4.79 Å². The highest BCUT2D eigenvalue weighted by atomic mass is 16.1. The highest BCUT2D eigenvalue weighted by Gasteiger charge is 2.12. The maximum atomic E-state index is 12.1. The van der Waals surface area contributed by atoms with Crippen molar-refractivity contribution in [2.75, 3.05) is 5.43 Å². The van der Waals surface area contributed by atoms with Gasteiger partial charge in [-0.15, -0.1) is 0 Å². The third kappa shape index (κ3) is 3.10. The number of hydrogen-bond donors (Lipinski definition) is 3. The fraction of sp³-hybridized carbons (Fsp3) is 0.214. The van der Waals surface area contributed by atoms with Crippen LogP contribution in [0.25, 0.3) is 0 Å². The Balaban J connectivity index is 2.09.